The Morgan fingerprint density at radius 3 is 2.20 bits per heavy atom. The summed E-state index contributed by atoms with van der Waals surface area (Å²) in [5.74, 6) is -1.62. The number of carbonyl (C=O) groups is 4. The fourth-order valence-corrected chi connectivity index (χ4v) is 6.26. The van der Waals surface area contributed by atoms with Crippen molar-refractivity contribution in [2.45, 2.75) is 26.7 Å². The number of allylic oxidation sites excluding steroid dienone is 2. The zero-order valence-electron chi connectivity index (χ0n) is 19.6. The minimum atomic E-state index is -0.594. The molecule has 0 spiro atoms. The number of amides is 3. The van der Waals surface area contributed by atoms with E-state index in [1.807, 2.05) is 32.0 Å². The van der Waals surface area contributed by atoms with Gasteiger partial charge in [0.15, 0.2) is 0 Å². The molecule has 4 aliphatic rings. The Balaban J connectivity index is 1.17. The van der Waals surface area contributed by atoms with Crippen molar-refractivity contribution in [1.29, 1.82) is 0 Å². The predicted molar refractivity (Wildman–Crippen MR) is 129 cm³/mol. The number of aryl methyl sites for hydroxylation is 2. The summed E-state index contributed by atoms with van der Waals surface area (Å²) < 4.78 is 5.62. The monoisotopic (exact) mass is 470 g/mol. The normalized spacial score (nSPS) is 28.9. The highest BCUT2D eigenvalue weighted by Crippen LogP contribution is 2.53. The van der Waals surface area contributed by atoms with Gasteiger partial charge in [0.25, 0.3) is 0 Å². The molecule has 2 aliphatic carbocycles. The Labute approximate surface area is 203 Å². The first-order valence-corrected chi connectivity index (χ1v) is 12.1. The second kappa shape index (κ2) is 7.90. The minimum absolute atomic E-state index is 0.0771. The highest BCUT2D eigenvalue weighted by atomic mass is 16.5. The van der Waals surface area contributed by atoms with Crippen LogP contribution in [-0.2, 0) is 19.2 Å². The van der Waals surface area contributed by atoms with Crippen LogP contribution in [0.2, 0.25) is 0 Å². The van der Waals surface area contributed by atoms with Crippen LogP contribution in [-0.4, -0.2) is 30.2 Å². The molecule has 6 rings (SSSR count). The van der Waals surface area contributed by atoms with Crippen molar-refractivity contribution in [3.63, 3.8) is 0 Å². The molecule has 5 atom stereocenters. The third-order valence-electron chi connectivity index (χ3n) is 7.74. The van der Waals surface area contributed by atoms with Gasteiger partial charge in [-0.05, 0) is 67.5 Å². The van der Waals surface area contributed by atoms with Crippen LogP contribution in [0.1, 0.15) is 24.0 Å². The third-order valence-corrected chi connectivity index (χ3v) is 7.74. The van der Waals surface area contributed by atoms with Crippen LogP contribution in [0.5, 0.6) is 5.75 Å². The van der Waals surface area contributed by atoms with Gasteiger partial charge in [-0.25, -0.2) is 4.90 Å². The van der Waals surface area contributed by atoms with Crippen molar-refractivity contribution >= 4 is 35.1 Å². The van der Waals surface area contributed by atoms with Gasteiger partial charge >= 0.3 is 5.97 Å². The fourth-order valence-electron chi connectivity index (χ4n) is 6.26. The summed E-state index contributed by atoms with van der Waals surface area (Å²) in [6.45, 7) is 4.20. The Morgan fingerprint density at radius 2 is 1.54 bits per heavy atom. The second-order valence-electron chi connectivity index (χ2n) is 10.2. The van der Waals surface area contributed by atoms with E-state index in [1.54, 1.807) is 29.2 Å². The Morgan fingerprint density at radius 1 is 0.886 bits per heavy atom. The first kappa shape index (κ1) is 21.8. The van der Waals surface area contributed by atoms with E-state index >= 15 is 0 Å². The van der Waals surface area contributed by atoms with Crippen LogP contribution in [0.15, 0.2) is 54.6 Å². The van der Waals surface area contributed by atoms with Gasteiger partial charge in [-0.3, -0.25) is 19.2 Å². The molecule has 2 aromatic carbocycles. The summed E-state index contributed by atoms with van der Waals surface area (Å²) >= 11 is 0. The molecule has 2 saturated heterocycles. The lowest BCUT2D eigenvalue weighted by Gasteiger charge is -2.19. The molecule has 0 aromatic heterocycles. The minimum Gasteiger partial charge on any atom is -0.426 e. The first-order chi connectivity index (χ1) is 16.8. The van der Waals surface area contributed by atoms with Gasteiger partial charge in [0.1, 0.15) is 5.75 Å². The highest BCUT2D eigenvalue weighted by Gasteiger charge is 2.59. The largest absolute Gasteiger partial charge is 0.426 e. The number of nitrogens with zero attached hydrogens (tertiary/aromatic N) is 2. The molecule has 2 aromatic rings. The van der Waals surface area contributed by atoms with E-state index in [4.69, 9.17) is 4.74 Å². The Bertz CT molecular complexity index is 1260. The maximum atomic E-state index is 13.1. The van der Waals surface area contributed by atoms with Crippen molar-refractivity contribution < 1.29 is 23.9 Å². The van der Waals surface area contributed by atoms with Crippen LogP contribution in [0.3, 0.4) is 0 Å². The van der Waals surface area contributed by atoms with Gasteiger partial charge in [-0.15, -0.1) is 0 Å². The zero-order chi connectivity index (χ0) is 24.4. The van der Waals surface area contributed by atoms with Gasteiger partial charge in [0.05, 0.1) is 23.4 Å². The molecule has 178 valence electrons. The number of benzene rings is 2. The standard InChI is InChI=1S/C28H26N2O5/c1-15-8-16(2)10-21(9-15)29-14-19(12-23(29)31)28(34)35-22-5-3-4-20(13-22)30-26(32)24-17-6-7-18(11-17)25(24)27(30)33/h3-10,13,17-19,24-25H,11-12,14H2,1-2H3/t17-,18+,19-,24-,25-/m0/s1. The number of fused-ring (bicyclic) bond motifs is 5. The van der Waals surface area contributed by atoms with Crippen molar-refractivity contribution in [2.24, 2.45) is 29.6 Å². The number of anilines is 2. The number of carbonyl (C=O) groups excluding carboxylic acids is 4. The lowest BCUT2D eigenvalue weighted by molar-refractivity contribution is -0.139. The maximum Gasteiger partial charge on any atom is 0.316 e. The quantitative estimate of drug-likeness (QED) is 0.295. The van der Waals surface area contributed by atoms with Crippen LogP contribution in [0.25, 0.3) is 0 Å². The summed E-state index contributed by atoms with van der Waals surface area (Å²) in [6.07, 6.45) is 5.07. The van der Waals surface area contributed by atoms with E-state index in [9.17, 15) is 19.2 Å². The van der Waals surface area contributed by atoms with Crippen LogP contribution in [0, 0.1) is 43.4 Å². The molecule has 1 saturated carbocycles. The van der Waals surface area contributed by atoms with Gasteiger partial charge in [0.2, 0.25) is 17.7 Å². The van der Waals surface area contributed by atoms with E-state index in [0.29, 0.717) is 5.69 Å². The summed E-state index contributed by atoms with van der Waals surface area (Å²) in [6, 6.07) is 12.4. The number of imide groups is 1. The first-order valence-electron chi connectivity index (χ1n) is 12.1. The van der Waals surface area contributed by atoms with Gasteiger partial charge in [0, 0.05) is 24.7 Å². The number of ether oxygens (including phenoxy) is 1. The van der Waals surface area contributed by atoms with E-state index in [2.05, 4.69) is 12.2 Å². The second-order valence-corrected chi connectivity index (χ2v) is 10.2. The van der Waals surface area contributed by atoms with E-state index in [0.717, 1.165) is 23.2 Å². The summed E-state index contributed by atoms with van der Waals surface area (Å²) in [7, 11) is 0. The molecule has 2 bridgehead atoms. The average Bonchev–Trinajstić information content (AvgIpc) is 3.57. The van der Waals surface area contributed by atoms with Crippen LogP contribution < -0.4 is 14.5 Å². The molecule has 7 heteroatoms. The summed E-state index contributed by atoms with van der Waals surface area (Å²) in [4.78, 5) is 54.7. The van der Waals surface area contributed by atoms with Crippen LogP contribution in [0.4, 0.5) is 11.4 Å². The average molecular weight is 471 g/mol. The smallest absolute Gasteiger partial charge is 0.316 e. The molecule has 2 aliphatic heterocycles. The third kappa shape index (κ3) is 3.49. The van der Waals surface area contributed by atoms with Crippen LogP contribution >= 0.6 is 0 Å². The van der Waals surface area contributed by atoms with E-state index in [1.165, 1.54) is 4.90 Å². The zero-order valence-corrected chi connectivity index (χ0v) is 19.6. The Hall–Kier alpha value is -3.74. The number of hydrogen-bond donors (Lipinski definition) is 0. The molecule has 2 heterocycles. The molecule has 3 fully saturated rings. The topological polar surface area (TPSA) is 84.0 Å². The van der Waals surface area contributed by atoms with Crippen molar-refractivity contribution in [3.05, 3.63) is 65.7 Å². The maximum absolute atomic E-state index is 13.1. The summed E-state index contributed by atoms with van der Waals surface area (Å²) in [5, 5.41) is 0. The lowest BCUT2D eigenvalue weighted by atomic mass is 9.85. The lowest BCUT2D eigenvalue weighted by Crippen LogP contribution is -2.32. The molecule has 3 amide bonds. The van der Waals surface area contributed by atoms with Crippen molar-refractivity contribution in [2.75, 3.05) is 16.3 Å². The van der Waals surface area contributed by atoms with Gasteiger partial charge < -0.3 is 9.64 Å². The fraction of sp³-hybridized carbons (Fsp3) is 0.357. The number of esters is 1. The van der Waals surface area contributed by atoms with E-state index < -0.39 is 11.9 Å². The van der Waals surface area contributed by atoms with Gasteiger partial charge in [-0.1, -0.05) is 24.3 Å². The molecular formula is C28H26N2O5. The van der Waals surface area contributed by atoms with E-state index in [-0.39, 0.29) is 60.1 Å². The number of rotatable bonds is 4. The summed E-state index contributed by atoms with van der Waals surface area (Å²) in [5.41, 5.74) is 3.30. The number of hydrogen-bond acceptors (Lipinski definition) is 5. The van der Waals surface area contributed by atoms with Crippen molar-refractivity contribution in [1.82, 2.24) is 0 Å². The predicted octanol–water partition coefficient (Wildman–Crippen LogP) is 3.57. The molecular weight excluding hydrogens is 444 g/mol. The molecule has 35 heavy (non-hydrogen) atoms. The highest BCUT2D eigenvalue weighted by molar-refractivity contribution is 6.22. The molecule has 0 radical (unpaired) electrons. The molecule has 0 N–H and O–H groups in total. The van der Waals surface area contributed by atoms with Crippen molar-refractivity contribution in [3.8, 4) is 5.75 Å². The van der Waals surface area contributed by atoms with Gasteiger partial charge in [-0.2, -0.15) is 0 Å². The molecule has 0 unspecified atom stereocenters. The Kier molecular flexibility index (Phi) is 4.91. The molecule has 7 nitrogen and oxygen atoms in total. The SMILES string of the molecule is Cc1cc(C)cc(N2C[C@@H](C(=O)Oc3cccc(N4C(=O)[C@@H]5[C@@H](C4=O)[C@H]4C=C[C@@H]5C4)c3)CC2=O)c1.